The molecule has 0 aromatic heterocycles. The quantitative estimate of drug-likeness (QED) is 0.689. The van der Waals surface area contributed by atoms with Crippen LogP contribution in [0.5, 0.6) is 0 Å². The van der Waals surface area contributed by atoms with Crippen LogP contribution in [-0.2, 0) is 27.9 Å². The lowest BCUT2D eigenvalue weighted by molar-refractivity contribution is -0.119. The molecule has 2 aromatic carbocycles. The fourth-order valence-electron chi connectivity index (χ4n) is 3.49. The monoisotopic (exact) mass is 437 g/mol. The van der Waals surface area contributed by atoms with E-state index in [2.05, 4.69) is 10.2 Å². The van der Waals surface area contributed by atoms with E-state index in [0.717, 1.165) is 59.5 Å². The number of hydrogen-bond donors (Lipinski definition) is 1. The first-order valence-corrected chi connectivity index (χ1v) is 11.6. The number of rotatable bonds is 8. The smallest absolute Gasteiger partial charge is 0.241 e. The van der Waals surface area contributed by atoms with Gasteiger partial charge in [0.05, 0.1) is 11.9 Å². The van der Waals surface area contributed by atoms with Crippen molar-refractivity contribution in [2.45, 2.75) is 25.9 Å². The van der Waals surface area contributed by atoms with E-state index < -0.39 is 34.1 Å². The molecule has 30 heavy (non-hydrogen) atoms. The Balaban J connectivity index is 1.67. The Hall–Kier alpha value is -2.52. The van der Waals surface area contributed by atoms with Crippen LogP contribution >= 0.6 is 0 Å². The lowest BCUT2D eigenvalue weighted by atomic mass is 10.1. The highest BCUT2D eigenvalue weighted by Crippen LogP contribution is 2.20. The third-order valence-corrected chi connectivity index (χ3v) is 6.21. The topological polar surface area (TPSA) is 69.7 Å². The number of sulfonamides is 1. The van der Waals surface area contributed by atoms with Gasteiger partial charge in [-0.3, -0.25) is 14.0 Å². The van der Waals surface area contributed by atoms with E-state index in [9.17, 15) is 22.0 Å². The first kappa shape index (κ1) is 22.2. The minimum atomic E-state index is -3.87. The first-order valence-electron chi connectivity index (χ1n) is 9.72. The van der Waals surface area contributed by atoms with Crippen molar-refractivity contribution in [1.29, 1.82) is 0 Å². The van der Waals surface area contributed by atoms with Gasteiger partial charge in [0, 0.05) is 19.2 Å². The maximum absolute atomic E-state index is 13.5. The first-order chi connectivity index (χ1) is 14.2. The summed E-state index contributed by atoms with van der Waals surface area (Å²) < 4.78 is 51.7. The van der Waals surface area contributed by atoms with Gasteiger partial charge >= 0.3 is 0 Å². The molecule has 1 amide bonds. The number of benzene rings is 2. The van der Waals surface area contributed by atoms with Crippen LogP contribution in [0.25, 0.3) is 0 Å². The highest BCUT2D eigenvalue weighted by atomic mass is 32.2. The van der Waals surface area contributed by atoms with Crippen LogP contribution in [0.3, 0.4) is 0 Å². The summed E-state index contributed by atoms with van der Waals surface area (Å²) in [5.41, 5.74) is 1.96. The Labute approximate surface area is 175 Å². The summed E-state index contributed by atoms with van der Waals surface area (Å²) in [7, 11) is -3.87. The lowest BCUT2D eigenvalue weighted by Crippen LogP contribution is -2.40. The second-order valence-electron chi connectivity index (χ2n) is 7.40. The number of amides is 1. The Kier molecular flexibility index (Phi) is 7.04. The van der Waals surface area contributed by atoms with Gasteiger partial charge in [0.1, 0.15) is 6.54 Å². The van der Waals surface area contributed by atoms with Gasteiger partial charge in [-0.25, -0.2) is 17.2 Å². The Morgan fingerprint density at radius 1 is 1.07 bits per heavy atom. The van der Waals surface area contributed by atoms with Crippen molar-refractivity contribution in [1.82, 2.24) is 10.2 Å². The van der Waals surface area contributed by atoms with Crippen molar-refractivity contribution in [3.63, 3.8) is 0 Å². The molecule has 1 fully saturated rings. The van der Waals surface area contributed by atoms with Crippen molar-refractivity contribution in [3.05, 3.63) is 65.2 Å². The van der Waals surface area contributed by atoms with Crippen LogP contribution in [0.15, 0.2) is 42.5 Å². The van der Waals surface area contributed by atoms with Crippen molar-refractivity contribution >= 4 is 21.6 Å². The van der Waals surface area contributed by atoms with E-state index in [-0.39, 0.29) is 12.2 Å². The zero-order valence-corrected chi connectivity index (χ0v) is 17.6. The molecule has 1 aliphatic heterocycles. The van der Waals surface area contributed by atoms with E-state index in [1.807, 2.05) is 24.3 Å². The van der Waals surface area contributed by atoms with Crippen LogP contribution in [0, 0.1) is 11.6 Å². The average molecular weight is 438 g/mol. The molecule has 162 valence electrons. The number of nitrogens with one attached hydrogen (secondary N) is 1. The van der Waals surface area contributed by atoms with E-state index >= 15 is 0 Å². The second-order valence-corrected chi connectivity index (χ2v) is 9.30. The molecular formula is C21H25F2N3O3S. The SMILES string of the molecule is CS(=O)(=O)N(CC(=O)NCc1ccccc1CN1CCCC1)c1ccc(F)c(F)c1. The predicted octanol–water partition coefficient (Wildman–Crippen LogP) is 2.64. The molecular weight excluding hydrogens is 412 g/mol. The number of hydrogen-bond acceptors (Lipinski definition) is 4. The summed E-state index contributed by atoms with van der Waals surface area (Å²) in [5.74, 6) is -2.82. The number of carbonyl (C=O) groups excluding carboxylic acids is 1. The molecule has 1 N–H and O–H groups in total. The minimum absolute atomic E-state index is 0.110. The van der Waals surface area contributed by atoms with Crippen LogP contribution in [0.4, 0.5) is 14.5 Å². The number of likely N-dealkylation sites (tertiary alicyclic amines) is 1. The predicted molar refractivity (Wildman–Crippen MR) is 111 cm³/mol. The summed E-state index contributed by atoms with van der Waals surface area (Å²) >= 11 is 0. The van der Waals surface area contributed by atoms with Gasteiger partial charge < -0.3 is 5.32 Å². The molecule has 6 nitrogen and oxygen atoms in total. The standard InChI is InChI=1S/C21H25F2N3O3S/c1-30(28,29)26(18-8-9-19(22)20(23)12-18)15-21(27)24-13-16-6-2-3-7-17(16)14-25-10-4-5-11-25/h2-3,6-9,12H,4-5,10-11,13-15H2,1H3,(H,24,27). The molecule has 0 radical (unpaired) electrons. The van der Waals surface area contributed by atoms with Gasteiger partial charge in [-0.05, 0) is 49.2 Å². The number of anilines is 1. The van der Waals surface area contributed by atoms with E-state index in [1.54, 1.807) is 0 Å². The van der Waals surface area contributed by atoms with Crippen molar-refractivity contribution in [2.24, 2.45) is 0 Å². The van der Waals surface area contributed by atoms with Gasteiger partial charge in [0.2, 0.25) is 15.9 Å². The third kappa shape index (κ3) is 5.76. The maximum atomic E-state index is 13.5. The normalized spacial score (nSPS) is 14.6. The van der Waals surface area contributed by atoms with Crippen LogP contribution < -0.4 is 9.62 Å². The fraction of sp³-hybridized carbons (Fsp3) is 0.381. The van der Waals surface area contributed by atoms with Gasteiger partial charge in [-0.15, -0.1) is 0 Å². The zero-order chi connectivity index (χ0) is 21.7. The molecule has 3 rings (SSSR count). The molecule has 2 aromatic rings. The van der Waals surface area contributed by atoms with Gasteiger partial charge in [0.15, 0.2) is 11.6 Å². The number of halogens is 2. The van der Waals surface area contributed by atoms with Gasteiger partial charge in [-0.1, -0.05) is 24.3 Å². The van der Waals surface area contributed by atoms with E-state index in [1.165, 1.54) is 12.8 Å². The lowest BCUT2D eigenvalue weighted by Gasteiger charge is -2.22. The molecule has 9 heteroatoms. The van der Waals surface area contributed by atoms with Gasteiger partial charge in [-0.2, -0.15) is 0 Å². The fourth-order valence-corrected chi connectivity index (χ4v) is 4.33. The van der Waals surface area contributed by atoms with E-state index in [4.69, 9.17) is 0 Å². The zero-order valence-electron chi connectivity index (χ0n) is 16.8. The molecule has 0 aliphatic carbocycles. The molecule has 1 saturated heterocycles. The molecule has 0 spiro atoms. The second kappa shape index (κ2) is 9.53. The van der Waals surface area contributed by atoms with Crippen LogP contribution in [0.2, 0.25) is 0 Å². The molecule has 1 heterocycles. The summed E-state index contributed by atoms with van der Waals surface area (Å²) in [5, 5.41) is 2.73. The average Bonchev–Trinajstić information content (AvgIpc) is 3.20. The molecule has 0 bridgehead atoms. The van der Waals surface area contributed by atoms with Crippen molar-refractivity contribution in [2.75, 3.05) is 30.2 Å². The maximum Gasteiger partial charge on any atom is 0.241 e. The summed E-state index contributed by atoms with van der Waals surface area (Å²) in [6.07, 6.45) is 3.28. The van der Waals surface area contributed by atoms with Crippen LogP contribution in [0.1, 0.15) is 24.0 Å². The van der Waals surface area contributed by atoms with Gasteiger partial charge in [0.25, 0.3) is 0 Å². The number of carbonyl (C=O) groups is 1. The summed E-state index contributed by atoms with van der Waals surface area (Å²) in [4.78, 5) is 14.8. The molecule has 0 unspecified atom stereocenters. The highest BCUT2D eigenvalue weighted by Gasteiger charge is 2.22. The van der Waals surface area contributed by atoms with E-state index in [0.29, 0.717) is 0 Å². The molecule has 0 atom stereocenters. The largest absolute Gasteiger partial charge is 0.350 e. The Morgan fingerprint density at radius 3 is 2.37 bits per heavy atom. The summed E-state index contributed by atoms with van der Waals surface area (Å²) in [6, 6.07) is 10.5. The molecule has 1 aliphatic rings. The van der Waals surface area contributed by atoms with Crippen molar-refractivity contribution in [3.8, 4) is 0 Å². The summed E-state index contributed by atoms with van der Waals surface area (Å²) in [6.45, 7) is 2.63. The number of nitrogens with zero attached hydrogens (tertiary/aromatic N) is 2. The Morgan fingerprint density at radius 2 is 1.73 bits per heavy atom. The highest BCUT2D eigenvalue weighted by molar-refractivity contribution is 7.92. The minimum Gasteiger partial charge on any atom is -0.350 e. The van der Waals surface area contributed by atoms with Crippen molar-refractivity contribution < 1.29 is 22.0 Å². The third-order valence-electron chi connectivity index (χ3n) is 5.07. The Bertz CT molecular complexity index is 1010. The van der Waals surface area contributed by atoms with Crippen LogP contribution in [-0.4, -0.2) is 45.1 Å². The molecule has 0 saturated carbocycles.